The smallest absolute Gasteiger partial charge is 0.0812 e. The second kappa shape index (κ2) is 10.9. The molecule has 1 aliphatic heterocycles. The van der Waals surface area contributed by atoms with Crippen molar-refractivity contribution >= 4 is 0 Å². The van der Waals surface area contributed by atoms with Gasteiger partial charge < -0.3 is 20.4 Å². The molecule has 27 heavy (non-hydrogen) atoms. The minimum absolute atomic E-state index is 0.270. The van der Waals surface area contributed by atoms with E-state index in [0.29, 0.717) is 5.92 Å². The Balaban J connectivity index is 2.85. The number of hydrogen-bond donors (Lipinski definition) is 2. The molecule has 1 fully saturated rings. The molecule has 1 aliphatic rings. The molecular formula is C23H40N4. The molecule has 0 aromatic rings. The molecule has 1 unspecified atom stereocenters. The van der Waals surface area contributed by atoms with Crippen LogP contribution < -0.4 is 10.6 Å². The van der Waals surface area contributed by atoms with Crippen LogP contribution in [0.25, 0.3) is 0 Å². The molecular weight excluding hydrogens is 332 g/mol. The van der Waals surface area contributed by atoms with Crippen LogP contribution in [0, 0.1) is 11.3 Å². The first-order chi connectivity index (χ1) is 12.6. The van der Waals surface area contributed by atoms with Crippen molar-refractivity contribution in [3.63, 3.8) is 0 Å². The Kier molecular flexibility index (Phi) is 9.31. The monoisotopic (exact) mass is 372 g/mol. The lowest BCUT2D eigenvalue weighted by Crippen LogP contribution is -2.30. The molecule has 0 aliphatic carbocycles. The fourth-order valence-electron chi connectivity index (χ4n) is 3.26. The predicted octanol–water partition coefficient (Wildman–Crippen LogP) is 4.09. The van der Waals surface area contributed by atoms with Gasteiger partial charge >= 0.3 is 0 Å². The first kappa shape index (κ1) is 23.0. The van der Waals surface area contributed by atoms with Crippen molar-refractivity contribution in [3.8, 4) is 0 Å². The molecule has 2 N–H and O–H groups in total. The van der Waals surface area contributed by atoms with Gasteiger partial charge in [0.25, 0.3) is 0 Å². The number of hydrogen-bond acceptors (Lipinski definition) is 4. The predicted molar refractivity (Wildman–Crippen MR) is 118 cm³/mol. The summed E-state index contributed by atoms with van der Waals surface area (Å²) < 4.78 is 0. The van der Waals surface area contributed by atoms with E-state index >= 15 is 0 Å². The largest absolute Gasteiger partial charge is 0.388 e. The van der Waals surface area contributed by atoms with E-state index in [-0.39, 0.29) is 5.41 Å². The lowest BCUT2D eigenvalue weighted by molar-refractivity contribution is 0.281. The van der Waals surface area contributed by atoms with Crippen LogP contribution in [-0.4, -0.2) is 49.6 Å². The van der Waals surface area contributed by atoms with Gasteiger partial charge in [0.1, 0.15) is 0 Å². The van der Waals surface area contributed by atoms with Gasteiger partial charge in [0.15, 0.2) is 0 Å². The number of allylic oxidation sites excluding steroid dienone is 3. The lowest BCUT2D eigenvalue weighted by atomic mass is 9.90. The van der Waals surface area contributed by atoms with Gasteiger partial charge in [0.05, 0.1) is 5.70 Å². The minimum atomic E-state index is 0.270. The highest BCUT2D eigenvalue weighted by atomic mass is 15.2. The summed E-state index contributed by atoms with van der Waals surface area (Å²) in [6.07, 6.45) is 7.19. The number of nitrogens with one attached hydrogen (secondary N) is 2. The van der Waals surface area contributed by atoms with Crippen LogP contribution in [0.1, 0.15) is 41.0 Å². The van der Waals surface area contributed by atoms with E-state index < -0.39 is 0 Å². The van der Waals surface area contributed by atoms with Gasteiger partial charge in [-0.3, -0.25) is 0 Å². The Bertz CT molecular complexity index is 588. The Labute approximate surface area is 167 Å². The van der Waals surface area contributed by atoms with Crippen LogP contribution in [0.5, 0.6) is 0 Å². The van der Waals surface area contributed by atoms with Gasteiger partial charge in [-0.25, -0.2) is 0 Å². The van der Waals surface area contributed by atoms with Crippen LogP contribution in [-0.2, 0) is 0 Å². The first-order valence-corrected chi connectivity index (χ1v) is 9.98. The van der Waals surface area contributed by atoms with Crippen LogP contribution in [0.3, 0.4) is 0 Å². The fourth-order valence-corrected chi connectivity index (χ4v) is 3.26. The standard InChI is InChI=1S/C23H40N4/c1-19(2)25-12-9-10-22(11-13-24-8)27-15-14-26(17-20(3)18-27)21(4)16-23(5,6)7/h9-10,13,20,24-25H,1,4,12,14-18H2,2-3,5-8H3/b10-9-. The van der Waals surface area contributed by atoms with Crippen LogP contribution in [0.15, 0.2) is 54.3 Å². The fraction of sp³-hybridized carbons (Fsp3) is 0.609. The summed E-state index contributed by atoms with van der Waals surface area (Å²) in [5, 5.41) is 6.29. The molecule has 4 heteroatoms. The zero-order valence-electron chi connectivity index (χ0n) is 18.4. The first-order valence-electron chi connectivity index (χ1n) is 9.98. The normalized spacial score (nSPS) is 17.9. The summed E-state index contributed by atoms with van der Waals surface area (Å²) in [4.78, 5) is 4.90. The molecule has 1 saturated heterocycles. The summed E-state index contributed by atoms with van der Waals surface area (Å²) in [7, 11) is 1.90. The van der Waals surface area contributed by atoms with Crippen molar-refractivity contribution in [2.24, 2.45) is 11.3 Å². The third kappa shape index (κ3) is 9.44. The highest BCUT2D eigenvalue weighted by Gasteiger charge is 2.23. The van der Waals surface area contributed by atoms with E-state index in [1.165, 1.54) is 5.70 Å². The average Bonchev–Trinajstić information content (AvgIpc) is 2.74. The van der Waals surface area contributed by atoms with Crippen molar-refractivity contribution in [2.45, 2.75) is 41.0 Å². The molecule has 0 aromatic carbocycles. The van der Waals surface area contributed by atoms with Crippen LogP contribution in [0.4, 0.5) is 0 Å². The van der Waals surface area contributed by atoms with E-state index in [9.17, 15) is 0 Å². The van der Waals surface area contributed by atoms with Crippen molar-refractivity contribution in [1.82, 2.24) is 20.4 Å². The maximum atomic E-state index is 4.37. The third-order valence-corrected chi connectivity index (χ3v) is 4.39. The molecule has 0 radical (unpaired) electrons. The van der Waals surface area contributed by atoms with E-state index in [4.69, 9.17) is 0 Å². The molecule has 0 saturated carbocycles. The molecule has 1 heterocycles. The zero-order valence-corrected chi connectivity index (χ0v) is 18.4. The van der Waals surface area contributed by atoms with E-state index in [1.807, 2.05) is 20.2 Å². The second-order valence-corrected chi connectivity index (χ2v) is 8.83. The summed E-state index contributed by atoms with van der Waals surface area (Å²) in [6.45, 7) is 24.2. The SMILES string of the molecule is C=C(C)NC/C=C\C(=C=CNC)N1CCN(C(=C)CC(C)(C)C)CC(C)C1. The van der Waals surface area contributed by atoms with Crippen molar-refractivity contribution in [3.05, 3.63) is 54.3 Å². The van der Waals surface area contributed by atoms with Crippen LogP contribution in [0.2, 0.25) is 0 Å². The maximum Gasteiger partial charge on any atom is 0.0812 e. The van der Waals surface area contributed by atoms with Gasteiger partial charge in [0, 0.05) is 57.4 Å². The molecule has 1 atom stereocenters. The molecule has 152 valence electrons. The highest BCUT2D eigenvalue weighted by Crippen LogP contribution is 2.27. The second-order valence-electron chi connectivity index (χ2n) is 8.83. The topological polar surface area (TPSA) is 30.5 Å². The summed E-state index contributed by atoms with van der Waals surface area (Å²) in [5.74, 6) is 0.567. The molecule has 0 bridgehead atoms. The minimum Gasteiger partial charge on any atom is -0.388 e. The van der Waals surface area contributed by atoms with Crippen LogP contribution >= 0.6 is 0 Å². The van der Waals surface area contributed by atoms with Gasteiger partial charge in [0.2, 0.25) is 0 Å². The van der Waals surface area contributed by atoms with Gasteiger partial charge in [-0.15, -0.1) is 0 Å². The van der Waals surface area contributed by atoms with Gasteiger partial charge in [-0.1, -0.05) is 52.7 Å². The Morgan fingerprint density at radius 2 is 1.81 bits per heavy atom. The quantitative estimate of drug-likeness (QED) is 0.496. The molecule has 0 amide bonds. The van der Waals surface area contributed by atoms with Crippen molar-refractivity contribution in [1.29, 1.82) is 0 Å². The summed E-state index contributed by atoms with van der Waals surface area (Å²) >= 11 is 0. The van der Waals surface area contributed by atoms with E-state index in [2.05, 4.69) is 79.2 Å². The molecule has 4 nitrogen and oxygen atoms in total. The van der Waals surface area contributed by atoms with Crippen molar-refractivity contribution < 1.29 is 0 Å². The Morgan fingerprint density at radius 1 is 1.19 bits per heavy atom. The van der Waals surface area contributed by atoms with Gasteiger partial charge in [-0.2, -0.15) is 0 Å². The van der Waals surface area contributed by atoms with E-state index in [1.54, 1.807) is 0 Å². The van der Waals surface area contributed by atoms with E-state index in [0.717, 1.165) is 50.5 Å². The third-order valence-electron chi connectivity index (χ3n) is 4.39. The maximum absolute atomic E-state index is 4.37. The Morgan fingerprint density at radius 3 is 2.41 bits per heavy atom. The zero-order chi connectivity index (χ0) is 20.4. The Hall–Kier alpha value is -2.06. The molecule has 0 aromatic heterocycles. The summed E-state index contributed by atoms with van der Waals surface area (Å²) in [6, 6.07) is 0. The van der Waals surface area contributed by atoms with Crippen molar-refractivity contribution in [2.75, 3.05) is 39.8 Å². The highest BCUT2D eigenvalue weighted by molar-refractivity contribution is 5.18. The molecule has 0 spiro atoms. The molecule has 1 rings (SSSR count). The number of nitrogens with zero attached hydrogens (tertiary/aromatic N) is 2. The average molecular weight is 373 g/mol. The van der Waals surface area contributed by atoms with Gasteiger partial charge in [-0.05, 0) is 30.8 Å². The summed E-state index contributed by atoms with van der Waals surface area (Å²) in [5.41, 5.74) is 7.01. The lowest BCUT2D eigenvalue weighted by Gasteiger charge is -2.30. The number of rotatable bonds is 8.